The maximum Gasteiger partial charge on any atom is 0.251 e. The number of rotatable bonds is 6. The molecule has 1 aromatic heterocycles. The van der Waals surface area contributed by atoms with E-state index in [4.69, 9.17) is 16.3 Å². The number of hydrogen-bond acceptors (Lipinski definition) is 3. The Morgan fingerprint density at radius 3 is 2.96 bits per heavy atom. The second-order valence-corrected chi connectivity index (χ2v) is 6.75. The molecule has 5 nitrogen and oxygen atoms in total. The number of hydrogen-bond donors (Lipinski definition) is 1. The quantitative estimate of drug-likeness (QED) is 0.768. The molecule has 2 aromatic rings. The summed E-state index contributed by atoms with van der Waals surface area (Å²) in [5.41, 5.74) is 3.40. The molecule has 3 rings (SSSR count). The number of carbonyl (C=O) groups is 1. The lowest BCUT2D eigenvalue weighted by Gasteiger charge is -2.12. The third kappa shape index (κ3) is 4.89. The number of aromatic nitrogens is 2. The van der Waals surface area contributed by atoms with Gasteiger partial charge in [-0.3, -0.25) is 4.79 Å². The zero-order valence-corrected chi connectivity index (χ0v) is 16.1. The van der Waals surface area contributed by atoms with Gasteiger partial charge in [-0.1, -0.05) is 30.4 Å². The fraction of sp³-hybridized carbons (Fsp3) is 0.238. The number of methoxy groups -OCH3 is 1. The highest BCUT2D eigenvalue weighted by Crippen LogP contribution is 2.24. The second kappa shape index (κ2) is 8.73. The van der Waals surface area contributed by atoms with Crippen LogP contribution in [0.15, 0.2) is 66.7 Å². The highest BCUT2D eigenvalue weighted by molar-refractivity contribution is 6.23. The molecule has 27 heavy (non-hydrogen) atoms. The van der Waals surface area contributed by atoms with Gasteiger partial charge in [-0.2, -0.15) is 0 Å². The van der Waals surface area contributed by atoms with Gasteiger partial charge in [-0.05, 0) is 37.1 Å². The first kappa shape index (κ1) is 19.0. The van der Waals surface area contributed by atoms with Crippen molar-refractivity contribution in [3.63, 3.8) is 0 Å². The molecule has 1 aliphatic rings. The third-order valence-corrected chi connectivity index (χ3v) is 4.49. The fourth-order valence-corrected chi connectivity index (χ4v) is 3.09. The smallest absolute Gasteiger partial charge is 0.251 e. The lowest BCUT2D eigenvalue weighted by molar-refractivity contribution is 0.0954. The number of ether oxygens (including phenoxy) is 1. The van der Waals surface area contributed by atoms with E-state index < -0.39 is 0 Å². The molecule has 0 saturated heterocycles. The summed E-state index contributed by atoms with van der Waals surface area (Å²) in [6.07, 6.45) is 14.1. The molecule has 0 aliphatic heterocycles. The van der Waals surface area contributed by atoms with Gasteiger partial charge in [-0.25, -0.2) is 4.98 Å². The summed E-state index contributed by atoms with van der Waals surface area (Å²) < 4.78 is 7.33. The van der Waals surface area contributed by atoms with E-state index in [0.717, 1.165) is 23.4 Å². The lowest BCUT2D eigenvalue weighted by atomic mass is 10.1. The Labute approximate surface area is 164 Å². The van der Waals surface area contributed by atoms with Crippen LogP contribution in [0.25, 0.3) is 5.69 Å². The summed E-state index contributed by atoms with van der Waals surface area (Å²) in [4.78, 5) is 16.7. The first-order valence-electron chi connectivity index (χ1n) is 8.73. The first-order chi connectivity index (χ1) is 13.1. The van der Waals surface area contributed by atoms with E-state index in [-0.39, 0.29) is 11.3 Å². The van der Waals surface area contributed by atoms with Crippen molar-refractivity contribution in [3.05, 3.63) is 77.9 Å². The standard InChI is InChI=1S/C21H22ClN3O2/c1-15-13-25(14-24-15)19-8-7-17(12-20(19)27-2)21(26)23-10-9-16-5-3-4-6-18(22)11-16/h3-8,11-14,18H,9-10H2,1-2H3,(H,23,26). The maximum atomic E-state index is 12.5. The van der Waals surface area contributed by atoms with Gasteiger partial charge in [0, 0.05) is 18.3 Å². The lowest BCUT2D eigenvalue weighted by Crippen LogP contribution is -2.24. The number of amides is 1. The van der Waals surface area contributed by atoms with Crippen LogP contribution in [0.3, 0.4) is 0 Å². The number of carbonyl (C=O) groups excluding carboxylic acids is 1. The van der Waals surface area contributed by atoms with Gasteiger partial charge in [0.2, 0.25) is 0 Å². The van der Waals surface area contributed by atoms with E-state index in [1.54, 1.807) is 25.6 Å². The number of nitrogens with one attached hydrogen (secondary N) is 1. The van der Waals surface area contributed by atoms with E-state index in [0.29, 0.717) is 17.9 Å². The summed E-state index contributed by atoms with van der Waals surface area (Å²) in [5, 5.41) is 2.83. The fourth-order valence-electron chi connectivity index (χ4n) is 2.84. The zero-order chi connectivity index (χ0) is 19.2. The van der Waals surface area contributed by atoms with Crippen molar-refractivity contribution in [2.45, 2.75) is 18.7 Å². The Kier molecular flexibility index (Phi) is 6.14. The molecule has 1 atom stereocenters. The van der Waals surface area contributed by atoms with Crippen LogP contribution in [0, 0.1) is 6.92 Å². The molecule has 0 spiro atoms. The highest BCUT2D eigenvalue weighted by Gasteiger charge is 2.12. The number of alkyl halides is 1. The second-order valence-electron chi connectivity index (χ2n) is 6.24. The van der Waals surface area contributed by atoms with E-state index in [9.17, 15) is 4.79 Å². The molecule has 1 N–H and O–H groups in total. The van der Waals surface area contributed by atoms with Crippen molar-refractivity contribution in [2.75, 3.05) is 13.7 Å². The van der Waals surface area contributed by atoms with Crippen molar-refractivity contribution in [1.29, 1.82) is 0 Å². The Bertz CT molecular complexity index is 912. The van der Waals surface area contributed by atoms with Gasteiger partial charge < -0.3 is 14.6 Å². The summed E-state index contributed by atoms with van der Waals surface area (Å²) >= 11 is 6.14. The van der Waals surface area contributed by atoms with Crippen LogP contribution in [0.1, 0.15) is 22.5 Å². The Morgan fingerprint density at radius 1 is 1.37 bits per heavy atom. The van der Waals surface area contributed by atoms with Crippen LogP contribution < -0.4 is 10.1 Å². The van der Waals surface area contributed by atoms with Gasteiger partial charge in [0.15, 0.2) is 0 Å². The molecule has 1 aromatic carbocycles. The Hall–Kier alpha value is -2.79. The van der Waals surface area contributed by atoms with Gasteiger partial charge in [0.1, 0.15) is 5.75 Å². The molecular weight excluding hydrogens is 362 g/mol. The molecule has 0 saturated carbocycles. The molecule has 0 fully saturated rings. The van der Waals surface area contributed by atoms with Crippen LogP contribution >= 0.6 is 11.6 Å². The minimum absolute atomic E-state index is 0.116. The molecule has 6 heteroatoms. The maximum absolute atomic E-state index is 12.5. The number of halogens is 1. The van der Waals surface area contributed by atoms with Gasteiger partial charge in [0.25, 0.3) is 5.91 Å². The first-order valence-corrected chi connectivity index (χ1v) is 9.17. The van der Waals surface area contributed by atoms with Gasteiger partial charge >= 0.3 is 0 Å². The predicted octanol–water partition coefficient (Wildman–Crippen LogP) is 3.97. The molecule has 0 bridgehead atoms. The largest absolute Gasteiger partial charge is 0.495 e. The van der Waals surface area contributed by atoms with Crippen molar-refractivity contribution in [1.82, 2.24) is 14.9 Å². The molecule has 1 aliphatic carbocycles. The number of imidazole rings is 1. The third-order valence-electron chi connectivity index (χ3n) is 4.22. The Morgan fingerprint density at radius 2 is 2.22 bits per heavy atom. The topological polar surface area (TPSA) is 56.1 Å². The molecule has 1 heterocycles. The molecular formula is C21H22ClN3O2. The zero-order valence-electron chi connectivity index (χ0n) is 15.4. The molecule has 0 radical (unpaired) electrons. The molecule has 140 valence electrons. The van der Waals surface area contributed by atoms with Gasteiger partial charge in [0.05, 0.1) is 30.2 Å². The summed E-state index contributed by atoms with van der Waals surface area (Å²) in [5.74, 6) is 0.478. The van der Waals surface area contributed by atoms with Crippen LogP contribution in [-0.4, -0.2) is 34.5 Å². The SMILES string of the molecule is COc1cc(C(=O)NCCC2=CC(Cl)C=CC=C2)ccc1-n1cnc(C)c1. The number of aryl methyl sites for hydroxylation is 1. The molecule has 1 unspecified atom stereocenters. The van der Waals surface area contributed by atoms with Crippen LogP contribution in [-0.2, 0) is 0 Å². The van der Waals surface area contributed by atoms with Crippen LogP contribution in [0.2, 0.25) is 0 Å². The number of nitrogens with zero attached hydrogens (tertiary/aromatic N) is 2. The number of allylic oxidation sites excluding steroid dienone is 5. The van der Waals surface area contributed by atoms with Crippen molar-refractivity contribution < 1.29 is 9.53 Å². The highest BCUT2D eigenvalue weighted by atomic mass is 35.5. The number of benzene rings is 1. The molecule has 1 amide bonds. The Balaban J connectivity index is 1.65. The van der Waals surface area contributed by atoms with Gasteiger partial charge in [-0.15, -0.1) is 11.6 Å². The summed E-state index contributed by atoms with van der Waals surface area (Å²) in [7, 11) is 1.59. The van der Waals surface area contributed by atoms with E-state index in [1.165, 1.54) is 0 Å². The van der Waals surface area contributed by atoms with Crippen molar-refractivity contribution in [2.24, 2.45) is 0 Å². The van der Waals surface area contributed by atoms with Crippen LogP contribution in [0.5, 0.6) is 5.75 Å². The van der Waals surface area contributed by atoms with E-state index >= 15 is 0 Å². The summed E-state index contributed by atoms with van der Waals surface area (Å²) in [6.45, 7) is 2.45. The van der Waals surface area contributed by atoms with Crippen molar-refractivity contribution in [3.8, 4) is 11.4 Å². The average Bonchev–Trinajstić information content (AvgIpc) is 2.99. The summed E-state index contributed by atoms with van der Waals surface area (Å²) in [6, 6.07) is 5.38. The average molecular weight is 384 g/mol. The van der Waals surface area contributed by atoms with Crippen molar-refractivity contribution >= 4 is 17.5 Å². The van der Waals surface area contributed by atoms with E-state index in [1.807, 2.05) is 54.1 Å². The normalized spacial score (nSPS) is 16.0. The predicted molar refractivity (Wildman–Crippen MR) is 108 cm³/mol. The van der Waals surface area contributed by atoms with E-state index in [2.05, 4.69) is 10.3 Å². The minimum atomic E-state index is -0.139. The van der Waals surface area contributed by atoms with Crippen LogP contribution in [0.4, 0.5) is 0 Å². The minimum Gasteiger partial charge on any atom is -0.495 e. The monoisotopic (exact) mass is 383 g/mol.